The Balaban J connectivity index is 2.18. The molecule has 0 aromatic heterocycles. The zero-order valence-corrected chi connectivity index (χ0v) is 12.8. The predicted molar refractivity (Wildman–Crippen MR) is 80.4 cm³/mol. The maximum atomic E-state index is 5.68. The molecule has 0 spiro atoms. The van der Waals surface area contributed by atoms with E-state index in [2.05, 4.69) is 0 Å². The Morgan fingerprint density at radius 3 is 2.24 bits per heavy atom. The third-order valence-electron chi connectivity index (χ3n) is 2.69. The van der Waals surface area contributed by atoms with Crippen LogP contribution in [0.3, 0.4) is 0 Å². The van der Waals surface area contributed by atoms with Gasteiger partial charge in [0.2, 0.25) is 5.75 Å². The Bertz CT molecular complexity index is 386. The van der Waals surface area contributed by atoms with E-state index in [0.29, 0.717) is 56.8 Å². The molecular formula is C15H25NO5. The quantitative estimate of drug-likeness (QED) is 0.589. The van der Waals surface area contributed by atoms with Crippen molar-refractivity contribution in [3.63, 3.8) is 0 Å². The van der Waals surface area contributed by atoms with Gasteiger partial charge in [-0.15, -0.1) is 0 Å². The molecule has 0 heterocycles. The number of benzene rings is 1. The summed E-state index contributed by atoms with van der Waals surface area (Å²) in [5, 5.41) is 0. The van der Waals surface area contributed by atoms with Crippen molar-refractivity contribution in [2.75, 3.05) is 53.8 Å². The lowest BCUT2D eigenvalue weighted by molar-refractivity contribution is 0.0462. The second-order valence-electron chi connectivity index (χ2n) is 4.21. The van der Waals surface area contributed by atoms with Gasteiger partial charge in [-0.3, -0.25) is 0 Å². The summed E-state index contributed by atoms with van der Waals surface area (Å²) in [5.41, 5.74) is 5.31. The van der Waals surface area contributed by atoms with Gasteiger partial charge in [0, 0.05) is 19.6 Å². The van der Waals surface area contributed by atoms with Crippen LogP contribution < -0.4 is 19.9 Å². The van der Waals surface area contributed by atoms with Gasteiger partial charge in [0.1, 0.15) is 0 Å². The molecule has 0 aliphatic heterocycles. The summed E-state index contributed by atoms with van der Waals surface area (Å²) in [6.45, 7) is 3.42. The largest absolute Gasteiger partial charge is 0.493 e. The highest BCUT2D eigenvalue weighted by Crippen LogP contribution is 2.36. The van der Waals surface area contributed by atoms with Gasteiger partial charge in [0.15, 0.2) is 11.5 Å². The second-order valence-corrected chi connectivity index (χ2v) is 4.21. The Kier molecular flexibility index (Phi) is 9.35. The van der Waals surface area contributed by atoms with Crippen LogP contribution in [0.2, 0.25) is 0 Å². The van der Waals surface area contributed by atoms with Crippen LogP contribution in [0.4, 0.5) is 0 Å². The van der Waals surface area contributed by atoms with Gasteiger partial charge in [-0.2, -0.15) is 0 Å². The fraction of sp³-hybridized carbons (Fsp3) is 0.600. The summed E-state index contributed by atoms with van der Waals surface area (Å²) in [7, 11) is 3.19. The molecule has 1 rings (SSSR count). The van der Waals surface area contributed by atoms with E-state index in [1.54, 1.807) is 14.2 Å². The maximum absolute atomic E-state index is 5.68. The van der Waals surface area contributed by atoms with Gasteiger partial charge in [0.25, 0.3) is 0 Å². The smallest absolute Gasteiger partial charge is 0.203 e. The Hall–Kier alpha value is -1.50. The lowest BCUT2D eigenvalue weighted by atomic mass is 10.3. The molecule has 0 atom stereocenters. The van der Waals surface area contributed by atoms with Crippen molar-refractivity contribution in [1.82, 2.24) is 0 Å². The third-order valence-corrected chi connectivity index (χ3v) is 2.69. The predicted octanol–water partition coefficient (Wildman–Crippen LogP) is 1.46. The summed E-state index contributed by atoms with van der Waals surface area (Å²) in [6, 6.07) is 5.54. The second kappa shape index (κ2) is 11.2. The molecule has 2 N–H and O–H groups in total. The molecule has 21 heavy (non-hydrogen) atoms. The van der Waals surface area contributed by atoms with Crippen molar-refractivity contribution < 1.29 is 23.7 Å². The molecule has 6 heteroatoms. The van der Waals surface area contributed by atoms with Crippen molar-refractivity contribution in [3.05, 3.63) is 18.2 Å². The third kappa shape index (κ3) is 6.66. The number of ether oxygens (including phenoxy) is 5. The lowest BCUT2D eigenvalue weighted by Gasteiger charge is -2.13. The lowest BCUT2D eigenvalue weighted by Crippen LogP contribution is -2.13. The average Bonchev–Trinajstić information content (AvgIpc) is 2.52. The minimum Gasteiger partial charge on any atom is -0.493 e. The fourth-order valence-electron chi connectivity index (χ4n) is 1.72. The molecule has 0 unspecified atom stereocenters. The number of hydrogen-bond acceptors (Lipinski definition) is 6. The molecule has 0 fully saturated rings. The summed E-state index contributed by atoms with van der Waals surface area (Å²) in [4.78, 5) is 0. The summed E-state index contributed by atoms with van der Waals surface area (Å²) in [5.74, 6) is 1.93. The number of nitrogens with two attached hydrogens (primary N) is 1. The van der Waals surface area contributed by atoms with Crippen molar-refractivity contribution >= 4 is 0 Å². The first-order valence-electron chi connectivity index (χ1n) is 7.02. The van der Waals surface area contributed by atoms with Gasteiger partial charge < -0.3 is 29.4 Å². The first kappa shape index (κ1) is 17.6. The maximum Gasteiger partial charge on any atom is 0.203 e. The summed E-state index contributed by atoms with van der Waals surface area (Å²) >= 11 is 0. The highest BCUT2D eigenvalue weighted by Gasteiger charge is 2.10. The van der Waals surface area contributed by atoms with Crippen molar-refractivity contribution in [2.24, 2.45) is 5.73 Å². The molecule has 0 saturated carbocycles. The van der Waals surface area contributed by atoms with Crippen LogP contribution in [0.15, 0.2) is 18.2 Å². The van der Waals surface area contributed by atoms with E-state index in [0.717, 1.165) is 6.42 Å². The molecule has 6 nitrogen and oxygen atoms in total. The van der Waals surface area contributed by atoms with E-state index in [1.165, 1.54) is 0 Å². The Labute approximate surface area is 126 Å². The molecular weight excluding hydrogens is 274 g/mol. The van der Waals surface area contributed by atoms with Crippen LogP contribution in [0.1, 0.15) is 6.42 Å². The van der Waals surface area contributed by atoms with Gasteiger partial charge >= 0.3 is 0 Å². The first-order chi connectivity index (χ1) is 10.3. The minimum atomic E-state index is 0.538. The van der Waals surface area contributed by atoms with Crippen LogP contribution in [-0.4, -0.2) is 53.8 Å². The molecule has 1 aromatic rings. The van der Waals surface area contributed by atoms with E-state index in [9.17, 15) is 0 Å². The first-order valence-corrected chi connectivity index (χ1v) is 7.02. The fourth-order valence-corrected chi connectivity index (χ4v) is 1.72. The van der Waals surface area contributed by atoms with Crippen LogP contribution >= 0.6 is 0 Å². The van der Waals surface area contributed by atoms with Crippen molar-refractivity contribution in [1.29, 1.82) is 0 Å². The highest BCUT2D eigenvalue weighted by molar-refractivity contribution is 5.50. The van der Waals surface area contributed by atoms with Gasteiger partial charge in [-0.25, -0.2) is 0 Å². The van der Waals surface area contributed by atoms with E-state index < -0.39 is 0 Å². The standard InChI is InChI=1S/C15H25NO5/c1-17-13-5-3-6-14(15(13)18-2)21-9-4-8-19-11-12-20-10-7-16/h3,5-6H,4,7-12,16H2,1-2H3. The van der Waals surface area contributed by atoms with E-state index in [1.807, 2.05) is 18.2 Å². The van der Waals surface area contributed by atoms with E-state index in [-0.39, 0.29) is 0 Å². The van der Waals surface area contributed by atoms with Gasteiger partial charge in [0.05, 0.1) is 40.6 Å². The van der Waals surface area contributed by atoms with Crippen LogP contribution in [0, 0.1) is 0 Å². The van der Waals surface area contributed by atoms with Crippen molar-refractivity contribution in [3.8, 4) is 17.2 Å². The average molecular weight is 299 g/mol. The zero-order chi connectivity index (χ0) is 15.3. The normalized spacial score (nSPS) is 10.4. The number of para-hydroxylation sites is 1. The van der Waals surface area contributed by atoms with E-state index >= 15 is 0 Å². The minimum absolute atomic E-state index is 0.538. The molecule has 0 saturated heterocycles. The number of methoxy groups -OCH3 is 2. The molecule has 0 aliphatic carbocycles. The molecule has 1 aromatic carbocycles. The highest BCUT2D eigenvalue weighted by atomic mass is 16.5. The topological polar surface area (TPSA) is 72.2 Å². The summed E-state index contributed by atoms with van der Waals surface area (Å²) < 4.78 is 26.8. The van der Waals surface area contributed by atoms with Gasteiger partial charge in [-0.05, 0) is 12.1 Å². The van der Waals surface area contributed by atoms with Gasteiger partial charge in [-0.1, -0.05) is 6.07 Å². The molecule has 0 aliphatic rings. The van der Waals surface area contributed by atoms with Crippen LogP contribution in [0.5, 0.6) is 17.2 Å². The molecule has 0 amide bonds. The van der Waals surface area contributed by atoms with Crippen LogP contribution in [-0.2, 0) is 9.47 Å². The van der Waals surface area contributed by atoms with Crippen LogP contribution in [0.25, 0.3) is 0 Å². The Morgan fingerprint density at radius 2 is 1.57 bits per heavy atom. The zero-order valence-electron chi connectivity index (χ0n) is 12.8. The molecule has 120 valence electrons. The van der Waals surface area contributed by atoms with Crippen molar-refractivity contribution in [2.45, 2.75) is 6.42 Å². The Morgan fingerprint density at radius 1 is 0.857 bits per heavy atom. The number of rotatable bonds is 12. The summed E-state index contributed by atoms with van der Waals surface area (Å²) in [6.07, 6.45) is 0.789. The van der Waals surface area contributed by atoms with E-state index in [4.69, 9.17) is 29.4 Å². The molecule has 0 radical (unpaired) electrons. The SMILES string of the molecule is COc1cccc(OCCCOCCOCCN)c1OC. The molecule has 0 bridgehead atoms. The number of hydrogen-bond donors (Lipinski definition) is 1. The monoisotopic (exact) mass is 299 g/mol.